The average Bonchev–Trinajstić information content (AvgIpc) is 3.39. The first kappa shape index (κ1) is 25.8. The van der Waals surface area contributed by atoms with E-state index in [1.807, 2.05) is 0 Å². The van der Waals surface area contributed by atoms with Gasteiger partial charge in [-0.1, -0.05) is 6.07 Å². The SMILES string of the molecule is CC(C)(O)Cn1ccc(NC(=O)C(CC2CCOCC2)N2CC(Oc3c(F)cccc3F)=CC2=O)n1. The fraction of sp³-hybridized carbons (Fsp3) is 0.480. The van der Waals surface area contributed by atoms with Crippen LogP contribution < -0.4 is 10.1 Å². The lowest BCUT2D eigenvalue weighted by atomic mass is 9.91. The van der Waals surface area contributed by atoms with Gasteiger partial charge < -0.3 is 24.8 Å². The average molecular weight is 505 g/mol. The van der Waals surface area contributed by atoms with Gasteiger partial charge in [0.2, 0.25) is 5.91 Å². The minimum absolute atomic E-state index is 0.0447. The number of aromatic nitrogens is 2. The number of anilines is 1. The molecule has 2 aliphatic heterocycles. The summed E-state index contributed by atoms with van der Waals surface area (Å²) < 4.78 is 40.4. The van der Waals surface area contributed by atoms with Crippen molar-refractivity contribution in [3.63, 3.8) is 0 Å². The molecule has 0 bridgehead atoms. The van der Waals surface area contributed by atoms with E-state index in [4.69, 9.17) is 9.47 Å². The summed E-state index contributed by atoms with van der Waals surface area (Å²) >= 11 is 0. The standard InChI is InChI=1S/C25H30F2N4O5/c1-25(2,34)15-30-9-6-21(29-30)28-24(33)20(12-16-7-10-35-11-8-16)31-14-17(13-22(31)32)36-23-18(26)4-3-5-19(23)27/h3-6,9,13,16,20,34H,7-8,10-12,14-15H2,1-2H3,(H,28,29,33). The van der Waals surface area contributed by atoms with Crippen LogP contribution >= 0.6 is 0 Å². The third kappa shape index (κ3) is 6.46. The van der Waals surface area contributed by atoms with Gasteiger partial charge in [-0.05, 0) is 51.2 Å². The summed E-state index contributed by atoms with van der Waals surface area (Å²) in [5, 5.41) is 17.0. The number of rotatable bonds is 9. The minimum Gasteiger partial charge on any atom is -0.453 e. The fourth-order valence-electron chi connectivity index (χ4n) is 4.34. The van der Waals surface area contributed by atoms with Gasteiger partial charge in [0.05, 0.1) is 18.7 Å². The molecule has 3 heterocycles. The van der Waals surface area contributed by atoms with Gasteiger partial charge in [0.1, 0.15) is 11.8 Å². The van der Waals surface area contributed by atoms with Crippen LogP contribution in [0.4, 0.5) is 14.6 Å². The van der Waals surface area contributed by atoms with Crippen molar-refractivity contribution in [1.29, 1.82) is 0 Å². The Kier molecular flexibility index (Phi) is 7.70. The molecule has 1 atom stereocenters. The molecule has 0 aliphatic carbocycles. The zero-order valence-corrected chi connectivity index (χ0v) is 20.2. The molecule has 1 saturated heterocycles. The number of para-hydroxylation sites is 1. The fourth-order valence-corrected chi connectivity index (χ4v) is 4.34. The summed E-state index contributed by atoms with van der Waals surface area (Å²) in [7, 11) is 0. The third-order valence-electron chi connectivity index (χ3n) is 6.06. The van der Waals surface area contributed by atoms with E-state index in [0.29, 0.717) is 19.6 Å². The van der Waals surface area contributed by atoms with E-state index in [1.54, 1.807) is 26.1 Å². The summed E-state index contributed by atoms with van der Waals surface area (Å²) in [6.07, 6.45) is 4.68. The predicted octanol–water partition coefficient (Wildman–Crippen LogP) is 2.86. The Balaban J connectivity index is 1.49. The van der Waals surface area contributed by atoms with Crippen LogP contribution in [0.15, 0.2) is 42.3 Å². The Morgan fingerprint density at radius 3 is 2.64 bits per heavy atom. The summed E-state index contributed by atoms with van der Waals surface area (Å²) in [6, 6.07) is 4.09. The molecule has 2 aliphatic rings. The molecule has 1 aromatic carbocycles. The quantitative estimate of drug-likeness (QED) is 0.544. The predicted molar refractivity (Wildman–Crippen MR) is 126 cm³/mol. The van der Waals surface area contributed by atoms with Crippen LogP contribution in [0.5, 0.6) is 5.75 Å². The lowest BCUT2D eigenvalue weighted by Crippen LogP contribution is -2.47. The van der Waals surface area contributed by atoms with Crippen molar-refractivity contribution in [2.45, 2.75) is 51.3 Å². The van der Waals surface area contributed by atoms with Crippen molar-refractivity contribution in [3.8, 4) is 5.75 Å². The van der Waals surface area contributed by atoms with Gasteiger partial charge in [0.25, 0.3) is 5.91 Å². The van der Waals surface area contributed by atoms with Crippen molar-refractivity contribution in [2.75, 3.05) is 25.1 Å². The number of nitrogens with one attached hydrogen (secondary N) is 1. The molecule has 4 rings (SSSR count). The Hall–Kier alpha value is -3.31. The smallest absolute Gasteiger partial charge is 0.251 e. The van der Waals surface area contributed by atoms with Crippen molar-refractivity contribution in [2.24, 2.45) is 5.92 Å². The van der Waals surface area contributed by atoms with Crippen LogP contribution in [0.2, 0.25) is 0 Å². The summed E-state index contributed by atoms with van der Waals surface area (Å²) in [6.45, 7) is 4.57. The number of amides is 2. The number of nitrogens with zero attached hydrogens (tertiary/aromatic N) is 3. The molecule has 1 fully saturated rings. The molecule has 1 aromatic heterocycles. The highest BCUT2D eigenvalue weighted by molar-refractivity contribution is 5.99. The first-order valence-electron chi connectivity index (χ1n) is 11.9. The molecule has 11 heteroatoms. The molecule has 9 nitrogen and oxygen atoms in total. The third-order valence-corrected chi connectivity index (χ3v) is 6.06. The zero-order chi connectivity index (χ0) is 25.9. The summed E-state index contributed by atoms with van der Waals surface area (Å²) in [4.78, 5) is 27.6. The molecule has 194 valence electrons. The number of ether oxygens (including phenoxy) is 2. The van der Waals surface area contributed by atoms with Gasteiger partial charge in [0.15, 0.2) is 23.2 Å². The number of hydrogen-bond donors (Lipinski definition) is 2. The highest BCUT2D eigenvalue weighted by atomic mass is 19.1. The minimum atomic E-state index is -0.985. The Bertz CT molecular complexity index is 1120. The van der Waals surface area contributed by atoms with Crippen LogP contribution in [-0.4, -0.2) is 63.0 Å². The van der Waals surface area contributed by atoms with E-state index in [9.17, 15) is 23.5 Å². The normalized spacial score (nSPS) is 17.8. The number of benzene rings is 1. The molecule has 2 N–H and O–H groups in total. The van der Waals surface area contributed by atoms with Crippen LogP contribution in [0, 0.1) is 17.6 Å². The summed E-state index contributed by atoms with van der Waals surface area (Å²) in [5.74, 6) is -2.81. The van der Waals surface area contributed by atoms with Gasteiger partial charge in [-0.3, -0.25) is 14.3 Å². The van der Waals surface area contributed by atoms with Crippen LogP contribution in [0.1, 0.15) is 33.1 Å². The highest BCUT2D eigenvalue weighted by Crippen LogP contribution is 2.29. The first-order chi connectivity index (χ1) is 17.1. The molecule has 2 amide bonds. The van der Waals surface area contributed by atoms with E-state index in [0.717, 1.165) is 31.1 Å². The van der Waals surface area contributed by atoms with E-state index in [-0.39, 0.29) is 30.6 Å². The number of hydrogen-bond acceptors (Lipinski definition) is 6. The largest absolute Gasteiger partial charge is 0.453 e. The number of aliphatic hydroxyl groups is 1. The van der Waals surface area contributed by atoms with Gasteiger partial charge in [0, 0.05) is 31.6 Å². The van der Waals surface area contributed by atoms with E-state index >= 15 is 0 Å². The zero-order valence-electron chi connectivity index (χ0n) is 20.2. The number of halogens is 2. The molecule has 2 aromatic rings. The summed E-state index contributed by atoms with van der Waals surface area (Å²) in [5.41, 5.74) is -0.985. The van der Waals surface area contributed by atoms with Crippen LogP contribution in [0.25, 0.3) is 0 Å². The van der Waals surface area contributed by atoms with Gasteiger partial charge in [-0.15, -0.1) is 0 Å². The van der Waals surface area contributed by atoms with Crippen molar-refractivity contribution in [3.05, 3.63) is 53.9 Å². The Morgan fingerprint density at radius 1 is 1.28 bits per heavy atom. The Labute approximate surface area is 207 Å². The molecular formula is C25H30F2N4O5. The van der Waals surface area contributed by atoms with Gasteiger partial charge >= 0.3 is 0 Å². The lowest BCUT2D eigenvalue weighted by Gasteiger charge is -2.31. The van der Waals surface area contributed by atoms with E-state index in [1.165, 1.54) is 15.6 Å². The molecule has 36 heavy (non-hydrogen) atoms. The number of carbonyl (C=O) groups is 2. The van der Waals surface area contributed by atoms with Crippen LogP contribution in [0.3, 0.4) is 0 Å². The first-order valence-corrected chi connectivity index (χ1v) is 11.9. The monoisotopic (exact) mass is 504 g/mol. The van der Waals surface area contributed by atoms with Crippen LogP contribution in [-0.2, 0) is 20.9 Å². The van der Waals surface area contributed by atoms with Crippen molar-refractivity contribution in [1.82, 2.24) is 14.7 Å². The molecule has 0 saturated carbocycles. The topological polar surface area (TPSA) is 106 Å². The maximum absolute atomic E-state index is 14.0. The van der Waals surface area contributed by atoms with Crippen molar-refractivity contribution >= 4 is 17.6 Å². The van der Waals surface area contributed by atoms with Gasteiger partial charge in [-0.2, -0.15) is 5.10 Å². The number of carbonyl (C=O) groups excluding carboxylic acids is 2. The highest BCUT2D eigenvalue weighted by Gasteiger charge is 2.37. The molecular weight excluding hydrogens is 474 g/mol. The van der Waals surface area contributed by atoms with Crippen molar-refractivity contribution < 1.29 is 33.0 Å². The second-order valence-corrected chi connectivity index (χ2v) is 9.74. The molecule has 0 spiro atoms. The maximum atomic E-state index is 14.0. The molecule has 0 radical (unpaired) electrons. The second kappa shape index (κ2) is 10.8. The second-order valence-electron chi connectivity index (χ2n) is 9.74. The van der Waals surface area contributed by atoms with Gasteiger partial charge in [-0.25, -0.2) is 8.78 Å². The van der Waals surface area contributed by atoms with E-state index in [2.05, 4.69) is 10.4 Å². The van der Waals surface area contributed by atoms with E-state index < -0.39 is 40.8 Å². The molecule has 1 unspecified atom stereocenters. The Morgan fingerprint density at radius 2 is 1.97 bits per heavy atom. The maximum Gasteiger partial charge on any atom is 0.251 e. The lowest BCUT2D eigenvalue weighted by molar-refractivity contribution is -0.134.